The van der Waals surface area contributed by atoms with Crippen LogP contribution in [-0.4, -0.2) is 59.9 Å². The number of hydrogen-bond acceptors (Lipinski definition) is 5. The molecule has 1 aromatic heterocycles. The lowest BCUT2D eigenvalue weighted by molar-refractivity contribution is -0.144. The number of carbonyl (C=O) groups excluding carboxylic acids is 2. The van der Waals surface area contributed by atoms with Gasteiger partial charge in [0.15, 0.2) is 0 Å². The van der Waals surface area contributed by atoms with Gasteiger partial charge in [-0.3, -0.25) is 9.59 Å². The Bertz CT molecular complexity index is 591. The van der Waals surface area contributed by atoms with Crippen LogP contribution in [0.3, 0.4) is 0 Å². The zero-order chi connectivity index (χ0) is 15.7. The minimum absolute atomic E-state index is 0.0228. The Morgan fingerprint density at radius 2 is 1.91 bits per heavy atom. The van der Waals surface area contributed by atoms with E-state index in [0.29, 0.717) is 25.9 Å². The number of amides is 2. The number of nitrogens with one attached hydrogen (secondary N) is 1. The van der Waals surface area contributed by atoms with Crippen molar-refractivity contribution >= 4 is 17.6 Å². The van der Waals surface area contributed by atoms with Crippen molar-refractivity contribution in [3.8, 4) is 0 Å². The standard InChI is InChI=1S/C15H21N5O2/c1-11-17-6-3-12(18-11)19-7-9-20(10-8-19)14(22)15(4-5-15)13(21)16-2/h3,6H,4-5,7-10H2,1-2H3,(H,16,21). The topological polar surface area (TPSA) is 78.4 Å². The van der Waals surface area contributed by atoms with Gasteiger partial charge in [0.05, 0.1) is 0 Å². The second-order valence-electron chi connectivity index (χ2n) is 5.90. The smallest absolute Gasteiger partial charge is 0.238 e. The van der Waals surface area contributed by atoms with E-state index in [2.05, 4.69) is 20.2 Å². The minimum Gasteiger partial charge on any atom is -0.358 e. The molecule has 1 N–H and O–H groups in total. The van der Waals surface area contributed by atoms with Gasteiger partial charge in [-0.25, -0.2) is 9.97 Å². The van der Waals surface area contributed by atoms with E-state index < -0.39 is 5.41 Å². The first-order valence-electron chi connectivity index (χ1n) is 7.63. The van der Waals surface area contributed by atoms with Crippen molar-refractivity contribution in [2.75, 3.05) is 38.1 Å². The van der Waals surface area contributed by atoms with Crippen LogP contribution >= 0.6 is 0 Å². The van der Waals surface area contributed by atoms with E-state index in [-0.39, 0.29) is 11.8 Å². The first-order chi connectivity index (χ1) is 10.6. The van der Waals surface area contributed by atoms with Crippen molar-refractivity contribution in [1.82, 2.24) is 20.2 Å². The van der Waals surface area contributed by atoms with Gasteiger partial charge < -0.3 is 15.1 Å². The molecule has 1 aliphatic heterocycles. The normalized spacial score (nSPS) is 19.7. The molecule has 1 saturated carbocycles. The summed E-state index contributed by atoms with van der Waals surface area (Å²) in [6, 6.07) is 1.89. The summed E-state index contributed by atoms with van der Waals surface area (Å²) in [5.74, 6) is 1.47. The molecule has 2 amide bonds. The fourth-order valence-electron chi connectivity index (χ4n) is 2.96. The molecule has 0 unspecified atom stereocenters. The van der Waals surface area contributed by atoms with Crippen molar-refractivity contribution in [3.63, 3.8) is 0 Å². The van der Waals surface area contributed by atoms with Gasteiger partial charge in [-0.15, -0.1) is 0 Å². The maximum Gasteiger partial charge on any atom is 0.238 e. The molecule has 3 rings (SSSR count). The summed E-state index contributed by atoms with van der Waals surface area (Å²) in [5.41, 5.74) is -0.789. The van der Waals surface area contributed by atoms with Crippen LogP contribution in [0.5, 0.6) is 0 Å². The third kappa shape index (κ3) is 2.51. The first kappa shape index (κ1) is 14.7. The van der Waals surface area contributed by atoms with Gasteiger partial charge in [0.1, 0.15) is 17.1 Å². The molecule has 22 heavy (non-hydrogen) atoms. The average molecular weight is 303 g/mol. The Morgan fingerprint density at radius 1 is 1.23 bits per heavy atom. The second kappa shape index (κ2) is 5.55. The number of aromatic nitrogens is 2. The molecule has 1 aromatic rings. The van der Waals surface area contributed by atoms with E-state index in [9.17, 15) is 9.59 Å². The number of piperazine rings is 1. The van der Waals surface area contributed by atoms with Gasteiger partial charge >= 0.3 is 0 Å². The molecule has 2 aliphatic rings. The molecule has 118 valence electrons. The maximum atomic E-state index is 12.6. The van der Waals surface area contributed by atoms with E-state index in [1.54, 1.807) is 13.2 Å². The van der Waals surface area contributed by atoms with Crippen molar-refractivity contribution in [2.24, 2.45) is 5.41 Å². The van der Waals surface area contributed by atoms with Crippen molar-refractivity contribution in [3.05, 3.63) is 18.1 Å². The Balaban J connectivity index is 1.62. The minimum atomic E-state index is -0.789. The predicted octanol–water partition coefficient (Wildman–Crippen LogP) is -0.0402. The second-order valence-corrected chi connectivity index (χ2v) is 5.90. The van der Waals surface area contributed by atoms with Crippen LogP contribution in [0.1, 0.15) is 18.7 Å². The van der Waals surface area contributed by atoms with E-state index in [1.165, 1.54) is 0 Å². The summed E-state index contributed by atoms with van der Waals surface area (Å²) in [4.78, 5) is 37.0. The summed E-state index contributed by atoms with van der Waals surface area (Å²) in [6.07, 6.45) is 3.08. The van der Waals surface area contributed by atoms with Gasteiger partial charge in [0, 0.05) is 39.4 Å². The molecule has 7 heteroatoms. The van der Waals surface area contributed by atoms with Crippen LogP contribution < -0.4 is 10.2 Å². The van der Waals surface area contributed by atoms with Crippen molar-refractivity contribution in [1.29, 1.82) is 0 Å². The summed E-state index contributed by atoms with van der Waals surface area (Å²) in [6.45, 7) is 4.57. The number of rotatable bonds is 3. The monoisotopic (exact) mass is 303 g/mol. The highest BCUT2D eigenvalue weighted by Crippen LogP contribution is 2.47. The van der Waals surface area contributed by atoms with Crippen LogP contribution in [-0.2, 0) is 9.59 Å². The molecule has 7 nitrogen and oxygen atoms in total. The summed E-state index contributed by atoms with van der Waals surface area (Å²) >= 11 is 0. The Hall–Kier alpha value is -2.18. The summed E-state index contributed by atoms with van der Waals surface area (Å²) in [5, 5.41) is 2.61. The molecule has 2 fully saturated rings. The van der Waals surface area contributed by atoms with Gasteiger partial charge in [0.2, 0.25) is 11.8 Å². The van der Waals surface area contributed by atoms with Gasteiger partial charge in [-0.2, -0.15) is 0 Å². The summed E-state index contributed by atoms with van der Waals surface area (Å²) < 4.78 is 0. The Labute approximate surface area is 129 Å². The van der Waals surface area contributed by atoms with Crippen LogP contribution in [0.2, 0.25) is 0 Å². The Morgan fingerprint density at radius 3 is 2.45 bits per heavy atom. The number of carbonyl (C=O) groups is 2. The molecule has 0 bridgehead atoms. The lowest BCUT2D eigenvalue weighted by Gasteiger charge is -2.36. The van der Waals surface area contributed by atoms with E-state index in [1.807, 2.05) is 17.9 Å². The fourth-order valence-corrected chi connectivity index (χ4v) is 2.96. The van der Waals surface area contributed by atoms with Crippen molar-refractivity contribution in [2.45, 2.75) is 19.8 Å². The number of hydrogen-bond donors (Lipinski definition) is 1. The van der Waals surface area contributed by atoms with Gasteiger partial charge in [-0.05, 0) is 25.8 Å². The molecule has 0 aromatic carbocycles. The van der Waals surface area contributed by atoms with Crippen LogP contribution in [0.4, 0.5) is 5.82 Å². The zero-order valence-electron chi connectivity index (χ0n) is 13.0. The van der Waals surface area contributed by atoms with Crippen LogP contribution in [0.25, 0.3) is 0 Å². The molecular weight excluding hydrogens is 282 g/mol. The van der Waals surface area contributed by atoms with E-state index in [0.717, 1.165) is 24.7 Å². The van der Waals surface area contributed by atoms with Gasteiger partial charge in [0.25, 0.3) is 0 Å². The highest BCUT2D eigenvalue weighted by molar-refractivity contribution is 6.07. The largest absolute Gasteiger partial charge is 0.358 e. The predicted molar refractivity (Wildman–Crippen MR) is 81.3 cm³/mol. The lowest BCUT2D eigenvalue weighted by atomic mass is 10.0. The molecule has 0 spiro atoms. The van der Waals surface area contributed by atoms with Crippen LogP contribution in [0, 0.1) is 12.3 Å². The molecule has 1 saturated heterocycles. The number of nitrogens with zero attached hydrogens (tertiary/aromatic N) is 4. The molecule has 0 atom stereocenters. The highest BCUT2D eigenvalue weighted by Gasteiger charge is 2.57. The average Bonchev–Trinajstić information content (AvgIpc) is 3.35. The first-order valence-corrected chi connectivity index (χ1v) is 7.63. The van der Waals surface area contributed by atoms with Crippen LogP contribution in [0.15, 0.2) is 12.3 Å². The molecular formula is C15H21N5O2. The maximum absolute atomic E-state index is 12.6. The number of anilines is 1. The lowest BCUT2D eigenvalue weighted by Crippen LogP contribution is -2.53. The molecule has 1 aliphatic carbocycles. The molecule has 0 radical (unpaired) electrons. The van der Waals surface area contributed by atoms with E-state index in [4.69, 9.17) is 0 Å². The highest BCUT2D eigenvalue weighted by atomic mass is 16.2. The third-order valence-electron chi connectivity index (χ3n) is 4.47. The third-order valence-corrected chi connectivity index (χ3v) is 4.47. The van der Waals surface area contributed by atoms with Gasteiger partial charge in [-0.1, -0.05) is 0 Å². The zero-order valence-corrected chi connectivity index (χ0v) is 13.0. The SMILES string of the molecule is CNC(=O)C1(C(=O)N2CCN(c3ccnc(C)n3)CC2)CC1. The fraction of sp³-hybridized carbons (Fsp3) is 0.600. The summed E-state index contributed by atoms with van der Waals surface area (Å²) in [7, 11) is 1.59. The Kier molecular flexibility index (Phi) is 3.72. The quantitative estimate of drug-likeness (QED) is 0.793. The molecule has 2 heterocycles. The number of aryl methyl sites for hydroxylation is 1. The van der Waals surface area contributed by atoms with Crippen molar-refractivity contribution < 1.29 is 9.59 Å². The van der Waals surface area contributed by atoms with E-state index >= 15 is 0 Å².